The SMILES string of the molecule is CCOC(O)C1CCN(c2cnc(C(=O)Nc3nc(-c4ccc(OC)c(F)c4)cs3)cn2)CC1. The molecule has 1 saturated heterocycles. The van der Waals surface area contributed by atoms with E-state index in [9.17, 15) is 14.3 Å². The van der Waals surface area contributed by atoms with Crippen LogP contribution in [-0.4, -0.2) is 59.1 Å². The quantitative estimate of drug-likeness (QED) is 0.464. The lowest BCUT2D eigenvalue weighted by Crippen LogP contribution is -2.39. The Labute approximate surface area is 200 Å². The van der Waals surface area contributed by atoms with Gasteiger partial charge in [0.05, 0.1) is 25.2 Å². The van der Waals surface area contributed by atoms with Gasteiger partial charge in [-0.15, -0.1) is 11.3 Å². The zero-order chi connectivity index (χ0) is 24.1. The van der Waals surface area contributed by atoms with E-state index in [1.165, 1.54) is 36.8 Å². The molecule has 1 atom stereocenters. The molecule has 3 aromatic rings. The fourth-order valence-electron chi connectivity index (χ4n) is 3.77. The zero-order valence-electron chi connectivity index (χ0n) is 18.9. The molecule has 1 aromatic carbocycles. The first kappa shape index (κ1) is 24.0. The number of halogens is 1. The summed E-state index contributed by atoms with van der Waals surface area (Å²) < 4.78 is 24.2. The topological polar surface area (TPSA) is 110 Å². The second-order valence-corrected chi connectivity index (χ2v) is 8.63. The van der Waals surface area contributed by atoms with E-state index in [0.717, 1.165) is 25.9 Å². The van der Waals surface area contributed by atoms with E-state index in [0.29, 0.717) is 28.8 Å². The van der Waals surface area contributed by atoms with Crippen molar-refractivity contribution in [1.82, 2.24) is 15.0 Å². The zero-order valence-corrected chi connectivity index (χ0v) is 19.7. The number of benzene rings is 1. The maximum Gasteiger partial charge on any atom is 0.277 e. The summed E-state index contributed by atoms with van der Waals surface area (Å²) in [6.45, 7) is 3.80. The fraction of sp³-hybridized carbons (Fsp3) is 0.391. The second kappa shape index (κ2) is 10.9. The van der Waals surface area contributed by atoms with Crippen LogP contribution in [0.25, 0.3) is 11.3 Å². The lowest BCUT2D eigenvalue weighted by Gasteiger charge is -2.34. The third-order valence-corrected chi connectivity index (χ3v) is 6.41. The summed E-state index contributed by atoms with van der Waals surface area (Å²) in [6.07, 6.45) is 3.84. The van der Waals surface area contributed by atoms with E-state index >= 15 is 0 Å². The average Bonchev–Trinajstić information content (AvgIpc) is 3.33. The Morgan fingerprint density at radius 1 is 1.32 bits per heavy atom. The molecule has 0 saturated carbocycles. The van der Waals surface area contributed by atoms with Crippen LogP contribution in [0.4, 0.5) is 15.3 Å². The predicted molar refractivity (Wildman–Crippen MR) is 127 cm³/mol. The number of piperidine rings is 1. The second-order valence-electron chi connectivity index (χ2n) is 7.77. The number of carbonyl (C=O) groups is 1. The summed E-state index contributed by atoms with van der Waals surface area (Å²) in [5, 5.41) is 14.8. The van der Waals surface area contributed by atoms with Gasteiger partial charge in [0, 0.05) is 36.6 Å². The largest absolute Gasteiger partial charge is 0.494 e. The number of carbonyl (C=O) groups excluding carboxylic acids is 1. The molecule has 1 amide bonds. The van der Waals surface area contributed by atoms with Crippen LogP contribution in [-0.2, 0) is 4.74 Å². The van der Waals surface area contributed by atoms with Crippen LogP contribution in [0.1, 0.15) is 30.3 Å². The van der Waals surface area contributed by atoms with Gasteiger partial charge >= 0.3 is 0 Å². The van der Waals surface area contributed by atoms with Crippen LogP contribution in [0.3, 0.4) is 0 Å². The number of aliphatic hydroxyl groups excluding tert-OH is 1. The summed E-state index contributed by atoms with van der Waals surface area (Å²) in [4.78, 5) is 27.7. The van der Waals surface area contributed by atoms with Crippen LogP contribution in [0.5, 0.6) is 5.75 Å². The van der Waals surface area contributed by atoms with Crippen LogP contribution < -0.4 is 15.0 Å². The Bertz CT molecular complexity index is 1120. The van der Waals surface area contributed by atoms with Gasteiger partial charge in [-0.2, -0.15) is 0 Å². The molecule has 1 unspecified atom stereocenters. The third kappa shape index (κ3) is 5.49. The molecule has 2 N–H and O–H groups in total. The molecule has 1 fully saturated rings. The van der Waals surface area contributed by atoms with E-state index in [2.05, 4.69) is 25.2 Å². The highest BCUT2D eigenvalue weighted by Crippen LogP contribution is 2.29. The maximum absolute atomic E-state index is 14.0. The van der Waals surface area contributed by atoms with Crippen LogP contribution in [0.2, 0.25) is 0 Å². The summed E-state index contributed by atoms with van der Waals surface area (Å²) in [5.41, 5.74) is 1.29. The fourth-order valence-corrected chi connectivity index (χ4v) is 4.49. The Kier molecular flexibility index (Phi) is 7.66. The molecule has 3 heterocycles. The molecule has 4 rings (SSSR count). The molecule has 180 valence electrons. The Morgan fingerprint density at radius 3 is 2.76 bits per heavy atom. The van der Waals surface area contributed by atoms with Crippen molar-refractivity contribution in [3.63, 3.8) is 0 Å². The number of anilines is 2. The Hall–Kier alpha value is -3.15. The molecule has 9 nitrogen and oxygen atoms in total. The number of thiazole rings is 1. The highest BCUT2D eigenvalue weighted by molar-refractivity contribution is 7.14. The standard InChI is InChI=1S/C23H26FN5O4S/c1-3-33-22(31)14-6-8-29(9-7-14)20-12-25-17(11-26-20)21(30)28-23-27-18(13-34-23)15-4-5-19(32-2)16(24)10-15/h4-5,10-14,22,31H,3,6-9H2,1-2H3,(H,27,28,30). The number of nitrogens with zero attached hydrogens (tertiary/aromatic N) is 4. The molecule has 0 aliphatic carbocycles. The Morgan fingerprint density at radius 2 is 2.12 bits per heavy atom. The van der Waals surface area contributed by atoms with Crippen LogP contribution in [0.15, 0.2) is 36.0 Å². The molecule has 11 heteroatoms. The molecule has 0 spiro atoms. The summed E-state index contributed by atoms with van der Waals surface area (Å²) >= 11 is 1.23. The average molecular weight is 488 g/mol. The highest BCUT2D eigenvalue weighted by Gasteiger charge is 2.26. The van der Waals surface area contributed by atoms with Crippen molar-refractivity contribution in [3.05, 3.63) is 47.5 Å². The van der Waals surface area contributed by atoms with Crippen LogP contribution >= 0.6 is 11.3 Å². The van der Waals surface area contributed by atoms with Gasteiger partial charge in [0.15, 0.2) is 23.0 Å². The first-order valence-electron chi connectivity index (χ1n) is 11.0. The molecule has 2 aromatic heterocycles. The van der Waals surface area contributed by atoms with Crippen molar-refractivity contribution in [3.8, 4) is 17.0 Å². The third-order valence-electron chi connectivity index (χ3n) is 5.65. The number of hydrogen-bond donors (Lipinski definition) is 2. The van der Waals surface area contributed by atoms with Crippen molar-refractivity contribution < 1.29 is 23.8 Å². The monoisotopic (exact) mass is 487 g/mol. The number of rotatable bonds is 8. The van der Waals surface area contributed by atoms with Gasteiger partial charge in [0.25, 0.3) is 5.91 Å². The number of aliphatic hydroxyl groups is 1. The number of hydrogen-bond acceptors (Lipinski definition) is 9. The van der Waals surface area contributed by atoms with Gasteiger partial charge in [0.2, 0.25) is 0 Å². The molecule has 0 bridgehead atoms. The smallest absolute Gasteiger partial charge is 0.277 e. The minimum Gasteiger partial charge on any atom is -0.494 e. The normalized spacial score (nSPS) is 15.2. The summed E-state index contributed by atoms with van der Waals surface area (Å²) in [6, 6.07) is 4.57. The van der Waals surface area contributed by atoms with E-state index in [4.69, 9.17) is 9.47 Å². The van der Waals surface area contributed by atoms with E-state index in [-0.39, 0.29) is 17.4 Å². The van der Waals surface area contributed by atoms with Crippen molar-refractivity contribution in [2.45, 2.75) is 26.1 Å². The number of nitrogens with one attached hydrogen (secondary N) is 1. The lowest BCUT2D eigenvalue weighted by atomic mass is 9.96. The van der Waals surface area contributed by atoms with Crippen molar-refractivity contribution in [2.75, 3.05) is 37.0 Å². The number of methoxy groups -OCH3 is 1. The van der Waals surface area contributed by atoms with E-state index < -0.39 is 18.0 Å². The van der Waals surface area contributed by atoms with Gasteiger partial charge in [-0.25, -0.2) is 19.3 Å². The first-order valence-corrected chi connectivity index (χ1v) is 11.8. The molecule has 0 radical (unpaired) electrons. The van der Waals surface area contributed by atoms with E-state index in [1.54, 1.807) is 17.6 Å². The van der Waals surface area contributed by atoms with Crippen molar-refractivity contribution in [2.24, 2.45) is 5.92 Å². The van der Waals surface area contributed by atoms with Gasteiger partial charge in [-0.3, -0.25) is 10.1 Å². The predicted octanol–water partition coefficient (Wildman–Crippen LogP) is 3.57. The molecule has 1 aliphatic heterocycles. The number of aromatic nitrogens is 3. The van der Waals surface area contributed by atoms with Crippen molar-refractivity contribution >= 4 is 28.2 Å². The Balaban J connectivity index is 1.34. The first-order chi connectivity index (χ1) is 16.5. The molecule has 1 aliphatic rings. The lowest BCUT2D eigenvalue weighted by molar-refractivity contribution is -0.134. The molecular weight excluding hydrogens is 461 g/mol. The molecular formula is C23H26FN5O4S. The number of ether oxygens (including phenoxy) is 2. The number of amides is 1. The minimum atomic E-state index is -0.737. The van der Waals surface area contributed by atoms with Gasteiger partial charge in [-0.1, -0.05) is 0 Å². The van der Waals surface area contributed by atoms with Crippen molar-refractivity contribution in [1.29, 1.82) is 0 Å². The van der Waals surface area contributed by atoms with E-state index in [1.807, 2.05) is 6.92 Å². The summed E-state index contributed by atoms with van der Waals surface area (Å²) in [5.74, 6) is 0.0239. The van der Waals surface area contributed by atoms with Gasteiger partial charge in [-0.05, 0) is 38.0 Å². The van der Waals surface area contributed by atoms with Crippen LogP contribution in [0, 0.1) is 11.7 Å². The van der Waals surface area contributed by atoms with Gasteiger partial charge < -0.3 is 19.5 Å². The van der Waals surface area contributed by atoms with Gasteiger partial charge in [0.1, 0.15) is 11.5 Å². The minimum absolute atomic E-state index is 0.104. The summed E-state index contributed by atoms with van der Waals surface area (Å²) in [7, 11) is 1.40. The molecule has 34 heavy (non-hydrogen) atoms. The highest BCUT2D eigenvalue weighted by atomic mass is 32.1. The maximum atomic E-state index is 14.0.